The fourth-order valence-electron chi connectivity index (χ4n) is 4.65. The second kappa shape index (κ2) is 8.60. The van der Waals surface area contributed by atoms with Gasteiger partial charge in [-0.3, -0.25) is 9.59 Å². The summed E-state index contributed by atoms with van der Waals surface area (Å²) < 4.78 is 27.7. The van der Waals surface area contributed by atoms with Gasteiger partial charge in [-0.05, 0) is 49.4 Å². The Morgan fingerprint density at radius 1 is 1.21 bits per heavy atom. The number of nitrogens with zero attached hydrogens (tertiary/aromatic N) is 2. The van der Waals surface area contributed by atoms with E-state index < -0.39 is 29.2 Å². The molecule has 0 saturated heterocycles. The van der Waals surface area contributed by atoms with Crippen molar-refractivity contribution >= 4 is 17.5 Å². The maximum atomic E-state index is 14.1. The summed E-state index contributed by atoms with van der Waals surface area (Å²) >= 11 is 6.17. The number of aromatic amines is 1. The molecule has 1 aliphatic carbocycles. The molecule has 176 valence electrons. The van der Waals surface area contributed by atoms with E-state index in [1.54, 1.807) is 6.07 Å². The van der Waals surface area contributed by atoms with Crippen LogP contribution in [0.3, 0.4) is 0 Å². The van der Waals surface area contributed by atoms with E-state index in [1.165, 1.54) is 11.0 Å². The number of carbonyl (C=O) groups excluding carboxylic acids is 1. The first kappa shape index (κ1) is 22.7. The van der Waals surface area contributed by atoms with Crippen LogP contribution in [-0.4, -0.2) is 32.4 Å². The van der Waals surface area contributed by atoms with Gasteiger partial charge in [-0.1, -0.05) is 35.9 Å². The van der Waals surface area contributed by atoms with Crippen LogP contribution in [0.5, 0.6) is 0 Å². The lowest BCUT2D eigenvalue weighted by atomic mass is 9.94. The van der Waals surface area contributed by atoms with Crippen molar-refractivity contribution < 1.29 is 18.7 Å². The average molecular weight is 486 g/mol. The molecule has 5 rings (SSSR count). The van der Waals surface area contributed by atoms with E-state index in [1.807, 2.05) is 18.2 Å². The summed E-state index contributed by atoms with van der Waals surface area (Å²) in [5, 5.41) is 11.1. The second-order valence-electron chi connectivity index (χ2n) is 8.84. The number of carbonyl (C=O) groups is 1. The molecule has 1 aromatic heterocycles. The highest BCUT2D eigenvalue weighted by Gasteiger charge is 2.48. The first-order valence-electron chi connectivity index (χ1n) is 11.1. The monoisotopic (exact) mass is 485 g/mol. The maximum Gasteiger partial charge on any atom is 0.256 e. The second-order valence-corrected chi connectivity index (χ2v) is 9.28. The van der Waals surface area contributed by atoms with Crippen LogP contribution in [0.4, 0.5) is 8.78 Å². The number of rotatable bonds is 4. The lowest BCUT2D eigenvalue weighted by Crippen LogP contribution is -2.37. The Balaban J connectivity index is 1.44. The molecule has 1 aliphatic heterocycles. The quantitative estimate of drug-likeness (QED) is 0.588. The predicted molar refractivity (Wildman–Crippen MR) is 121 cm³/mol. The smallest absolute Gasteiger partial charge is 0.256 e. The molecule has 1 saturated carbocycles. The van der Waals surface area contributed by atoms with Gasteiger partial charge in [0.2, 0.25) is 0 Å². The summed E-state index contributed by atoms with van der Waals surface area (Å²) in [5.41, 5.74) is 0.769. The van der Waals surface area contributed by atoms with Crippen LogP contribution < -0.4 is 5.56 Å². The molecule has 2 N–H and O–H groups in total. The molecule has 0 bridgehead atoms. The molecule has 1 atom stereocenters. The lowest BCUT2D eigenvalue weighted by Gasteiger charge is -2.24. The number of fused-ring (bicyclic) bond motifs is 1. The number of aliphatic hydroxyl groups excluding tert-OH is 1. The number of H-pyrrole nitrogens is 1. The predicted octanol–water partition coefficient (Wildman–Crippen LogP) is 3.79. The molecular formula is C25H22ClF2N3O3. The molecular weight excluding hydrogens is 464 g/mol. The van der Waals surface area contributed by atoms with Crippen molar-refractivity contribution in [3.05, 3.63) is 97.7 Å². The van der Waals surface area contributed by atoms with Crippen molar-refractivity contribution in [3.63, 3.8) is 0 Å². The van der Waals surface area contributed by atoms with Crippen LogP contribution in [0.15, 0.2) is 47.3 Å². The molecule has 1 amide bonds. The van der Waals surface area contributed by atoms with E-state index in [4.69, 9.17) is 16.6 Å². The van der Waals surface area contributed by atoms with E-state index in [9.17, 15) is 23.5 Å². The van der Waals surface area contributed by atoms with Crippen molar-refractivity contribution in [2.45, 2.75) is 43.7 Å². The number of aliphatic hydroxyl groups is 1. The van der Waals surface area contributed by atoms with Crippen LogP contribution in [0.2, 0.25) is 5.02 Å². The molecule has 0 unspecified atom stereocenters. The zero-order valence-electron chi connectivity index (χ0n) is 18.2. The summed E-state index contributed by atoms with van der Waals surface area (Å²) in [7, 11) is 0. The molecule has 34 heavy (non-hydrogen) atoms. The largest absolute Gasteiger partial charge is 0.378 e. The van der Waals surface area contributed by atoms with Gasteiger partial charge in [0.1, 0.15) is 5.82 Å². The molecule has 6 nitrogen and oxygen atoms in total. The number of amides is 1. The van der Waals surface area contributed by atoms with E-state index in [0.717, 1.165) is 30.5 Å². The highest BCUT2D eigenvalue weighted by atomic mass is 35.5. The summed E-state index contributed by atoms with van der Waals surface area (Å²) in [6, 6.07) is 10.8. The minimum Gasteiger partial charge on any atom is -0.378 e. The highest BCUT2D eigenvalue weighted by Crippen LogP contribution is 2.52. The summed E-state index contributed by atoms with van der Waals surface area (Å²) in [5.74, 6) is -2.62. The number of halogens is 3. The topological polar surface area (TPSA) is 86.3 Å². The highest BCUT2D eigenvalue weighted by molar-refractivity contribution is 6.30. The van der Waals surface area contributed by atoms with Gasteiger partial charge in [-0.2, -0.15) is 0 Å². The average Bonchev–Trinajstić information content (AvgIpc) is 3.64. The van der Waals surface area contributed by atoms with Gasteiger partial charge in [0, 0.05) is 17.1 Å². The molecule has 2 heterocycles. The van der Waals surface area contributed by atoms with Crippen LogP contribution in [-0.2, 0) is 23.2 Å². The molecule has 9 heteroatoms. The van der Waals surface area contributed by atoms with Crippen molar-refractivity contribution in [2.24, 2.45) is 0 Å². The number of benzene rings is 2. The SMILES string of the molecule is O=C([C@H](O)c1cccc(F)c1F)N1CCCc2nc(C3(c4cccc(Cl)c4)CC3)[nH]c(=O)c2C1. The van der Waals surface area contributed by atoms with Crippen molar-refractivity contribution in [2.75, 3.05) is 6.54 Å². The fourth-order valence-corrected chi connectivity index (χ4v) is 4.84. The Hall–Kier alpha value is -3.10. The number of aryl methyl sites for hydroxylation is 1. The normalized spacial score (nSPS) is 17.6. The number of nitrogens with one attached hydrogen (secondary N) is 1. The van der Waals surface area contributed by atoms with E-state index >= 15 is 0 Å². The van der Waals surface area contributed by atoms with Gasteiger partial charge in [-0.15, -0.1) is 0 Å². The number of hydrogen-bond acceptors (Lipinski definition) is 4. The zero-order valence-corrected chi connectivity index (χ0v) is 18.9. The summed E-state index contributed by atoms with van der Waals surface area (Å²) in [6.07, 6.45) is 0.792. The van der Waals surface area contributed by atoms with Crippen molar-refractivity contribution in [1.29, 1.82) is 0 Å². The Bertz CT molecular complexity index is 1340. The standard InChI is InChI=1S/C25H22ClF2N3O3/c26-15-5-1-4-14(12-15)25(9-10-25)24-29-19-8-3-11-31(13-17(19)22(33)30-24)23(34)21(32)16-6-2-7-18(27)20(16)28/h1-2,4-7,12,21,32H,3,8-11,13H2,(H,29,30,33)/t21-/m1/s1. The summed E-state index contributed by atoms with van der Waals surface area (Å²) in [6.45, 7) is 0.173. The Labute approximate surface area is 199 Å². The van der Waals surface area contributed by atoms with Gasteiger partial charge >= 0.3 is 0 Å². The first-order chi connectivity index (χ1) is 16.3. The number of hydrogen-bond donors (Lipinski definition) is 2. The van der Waals surface area contributed by atoms with Crippen LogP contribution in [0.1, 0.15) is 53.6 Å². The lowest BCUT2D eigenvalue weighted by molar-refractivity contribution is -0.141. The molecule has 2 aliphatic rings. The molecule has 0 spiro atoms. The zero-order chi connectivity index (χ0) is 24.0. The van der Waals surface area contributed by atoms with Gasteiger partial charge in [-0.25, -0.2) is 13.8 Å². The third-order valence-electron chi connectivity index (χ3n) is 6.69. The van der Waals surface area contributed by atoms with E-state index in [2.05, 4.69) is 4.98 Å². The van der Waals surface area contributed by atoms with Crippen LogP contribution in [0, 0.1) is 11.6 Å². The summed E-state index contributed by atoms with van der Waals surface area (Å²) in [4.78, 5) is 35.0. The molecule has 0 radical (unpaired) electrons. The third-order valence-corrected chi connectivity index (χ3v) is 6.93. The van der Waals surface area contributed by atoms with Crippen LogP contribution in [0.25, 0.3) is 0 Å². The molecule has 1 fully saturated rings. The van der Waals surface area contributed by atoms with Gasteiger partial charge in [0.15, 0.2) is 17.7 Å². The molecule has 2 aromatic carbocycles. The van der Waals surface area contributed by atoms with E-state index in [-0.39, 0.29) is 24.1 Å². The fraction of sp³-hybridized carbons (Fsp3) is 0.320. The van der Waals surface area contributed by atoms with Gasteiger partial charge < -0.3 is 15.0 Å². The Kier molecular flexibility index (Phi) is 5.73. The maximum absolute atomic E-state index is 14.1. The minimum absolute atomic E-state index is 0.0745. The first-order valence-corrected chi connectivity index (χ1v) is 11.5. The van der Waals surface area contributed by atoms with E-state index in [0.29, 0.717) is 34.9 Å². The molecule has 3 aromatic rings. The number of aromatic nitrogens is 2. The van der Waals surface area contributed by atoms with Gasteiger partial charge in [0.05, 0.1) is 23.2 Å². The Morgan fingerprint density at radius 2 is 1.97 bits per heavy atom. The van der Waals surface area contributed by atoms with Crippen molar-refractivity contribution in [3.8, 4) is 0 Å². The Morgan fingerprint density at radius 3 is 2.71 bits per heavy atom. The third kappa shape index (κ3) is 3.91. The van der Waals surface area contributed by atoms with Crippen LogP contribution >= 0.6 is 11.6 Å². The minimum atomic E-state index is -1.87. The van der Waals surface area contributed by atoms with Crippen molar-refractivity contribution in [1.82, 2.24) is 14.9 Å². The van der Waals surface area contributed by atoms with Gasteiger partial charge in [0.25, 0.3) is 11.5 Å².